The molecule has 0 bridgehead atoms. The molecule has 94 valence electrons. The summed E-state index contributed by atoms with van der Waals surface area (Å²) < 4.78 is 1.83. The number of carbonyl (C=O) groups is 1. The number of carbonyl (C=O) groups excluding carboxylic acids is 1. The molecule has 0 radical (unpaired) electrons. The van der Waals surface area contributed by atoms with E-state index in [1.54, 1.807) is 11.1 Å². The second-order valence-electron chi connectivity index (χ2n) is 4.31. The summed E-state index contributed by atoms with van der Waals surface area (Å²) in [5.74, 6) is -0.0431. The van der Waals surface area contributed by atoms with Gasteiger partial charge in [0.25, 0.3) is 5.91 Å². The summed E-state index contributed by atoms with van der Waals surface area (Å²) in [6.07, 6.45) is 2.54. The number of nitrogens with zero attached hydrogens (tertiary/aromatic N) is 5. The molecule has 1 N–H and O–H groups in total. The van der Waals surface area contributed by atoms with Crippen molar-refractivity contribution in [1.82, 2.24) is 30.1 Å². The zero-order valence-corrected chi connectivity index (χ0v) is 10.1. The van der Waals surface area contributed by atoms with Crippen LogP contribution in [0.15, 0.2) is 12.3 Å². The minimum atomic E-state index is -0.0431. The van der Waals surface area contributed by atoms with Crippen molar-refractivity contribution in [3.8, 4) is 0 Å². The van der Waals surface area contributed by atoms with Gasteiger partial charge >= 0.3 is 0 Å². The van der Waals surface area contributed by atoms with Crippen molar-refractivity contribution < 1.29 is 4.79 Å². The molecule has 1 aliphatic heterocycles. The summed E-state index contributed by atoms with van der Waals surface area (Å²) in [4.78, 5) is 14.0. The lowest BCUT2D eigenvalue weighted by molar-refractivity contribution is 0.0700. The third-order valence-corrected chi connectivity index (χ3v) is 3.15. The molecule has 2 aromatic heterocycles. The Morgan fingerprint density at radius 1 is 1.50 bits per heavy atom. The lowest BCUT2D eigenvalue weighted by Gasteiger charge is -2.26. The van der Waals surface area contributed by atoms with E-state index in [2.05, 4.69) is 20.5 Å². The van der Waals surface area contributed by atoms with Crippen molar-refractivity contribution in [1.29, 1.82) is 0 Å². The van der Waals surface area contributed by atoms with Crippen LogP contribution < -0.4 is 0 Å². The second kappa shape index (κ2) is 4.25. The van der Waals surface area contributed by atoms with Gasteiger partial charge in [-0.2, -0.15) is 5.10 Å². The molecule has 0 spiro atoms. The van der Waals surface area contributed by atoms with E-state index >= 15 is 0 Å². The van der Waals surface area contributed by atoms with Crippen molar-refractivity contribution >= 4 is 5.91 Å². The molecule has 0 aliphatic carbocycles. The number of aromatic amines is 1. The van der Waals surface area contributed by atoms with Gasteiger partial charge in [-0.05, 0) is 12.5 Å². The molecule has 3 heterocycles. The molecule has 18 heavy (non-hydrogen) atoms. The van der Waals surface area contributed by atoms with E-state index in [4.69, 9.17) is 0 Å². The van der Waals surface area contributed by atoms with E-state index in [-0.39, 0.29) is 5.91 Å². The van der Waals surface area contributed by atoms with Gasteiger partial charge in [0.15, 0.2) is 0 Å². The Morgan fingerprint density at radius 2 is 2.39 bits per heavy atom. The van der Waals surface area contributed by atoms with Gasteiger partial charge < -0.3 is 4.90 Å². The fourth-order valence-corrected chi connectivity index (χ4v) is 2.07. The first-order chi connectivity index (χ1) is 8.78. The molecule has 3 rings (SSSR count). The standard InChI is InChI=1S/C11H14N6O/c1-2-8-5-10(14-13-8)11(18)16-3-4-17-9(7-16)6-12-15-17/h5-6H,2-4,7H2,1H3,(H,13,14). The van der Waals surface area contributed by atoms with Crippen molar-refractivity contribution in [2.75, 3.05) is 6.54 Å². The summed E-state index contributed by atoms with van der Waals surface area (Å²) in [6.45, 7) is 3.89. The first-order valence-electron chi connectivity index (χ1n) is 5.99. The highest BCUT2D eigenvalue weighted by molar-refractivity contribution is 5.92. The number of H-pyrrole nitrogens is 1. The first kappa shape index (κ1) is 10.9. The molecule has 1 amide bonds. The summed E-state index contributed by atoms with van der Waals surface area (Å²) in [5.41, 5.74) is 2.41. The number of amides is 1. The van der Waals surface area contributed by atoms with Crippen LogP contribution in [0.3, 0.4) is 0 Å². The SMILES string of the molecule is CCc1cc(C(=O)N2CCn3nncc3C2)n[nH]1. The van der Waals surface area contributed by atoms with Gasteiger partial charge in [-0.25, -0.2) is 4.68 Å². The molecule has 0 atom stereocenters. The Bertz CT molecular complexity index is 572. The highest BCUT2D eigenvalue weighted by atomic mass is 16.2. The molecule has 0 fully saturated rings. The fraction of sp³-hybridized carbons (Fsp3) is 0.455. The summed E-state index contributed by atoms with van der Waals surface area (Å²) in [7, 11) is 0. The largest absolute Gasteiger partial charge is 0.329 e. The molecule has 0 saturated carbocycles. The van der Waals surface area contributed by atoms with Crippen LogP contribution in [0.2, 0.25) is 0 Å². The average Bonchev–Trinajstić information content (AvgIpc) is 3.05. The Balaban J connectivity index is 1.78. The van der Waals surface area contributed by atoms with Crippen LogP contribution in [-0.2, 0) is 19.5 Å². The van der Waals surface area contributed by atoms with Gasteiger partial charge in [0.2, 0.25) is 0 Å². The highest BCUT2D eigenvalue weighted by Crippen LogP contribution is 2.13. The number of hydrogen-bond acceptors (Lipinski definition) is 4. The van der Waals surface area contributed by atoms with Crippen LogP contribution in [0, 0.1) is 0 Å². The van der Waals surface area contributed by atoms with Crippen molar-refractivity contribution in [2.24, 2.45) is 0 Å². The number of nitrogens with one attached hydrogen (secondary N) is 1. The molecule has 0 aromatic carbocycles. The van der Waals surface area contributed by atoms with Gasteiger partial charge in [-0.3, -0.25) is 9.89 Å². The quantitative estimate of drug-likeness (QED) is 0.822. The average molecular weight is 246 g/mol. The number of aromatic nitrogens is 5. The zero-order chi connectivity index (χ0) is 12.5. The maximum Gasteiger partial charge on any atom is 0.274 e. The monoisotopic (exact) mass is 246 g/mol. The minimum absolute atomic E-state index is 0.0431. The third-order valence-electron chi connectivity index (χ3n) is 3.15. The van der Waals surface area contributed by atoms with E-state index in [1.165, 1.54) is 0 Å². The number of aryl methyl sites for hydroxylation is 1. The van der Waals surface area contributed by atoms with Gasteiger partial charge in [0.05, 0.1) is 25.0 Å². The summed E-state index contributed by atoms with van der Waals surface area (Å²) >= 11 is 0. The molecule has 7 heteroatoms. The van der Waals surface area contributed by atoms with Gasteiger partial charge in [0.1, 0.15) is 5.69 Å². The summed E-state index contributed by atoms with van der Waals surface area (Å²) in [6, 6.07) is 1.81. The van der Waals surface area contributed by atoms with E-state index in [1.807, 2.05) is 17.7 Å². The maximum atomic E-state index is 12.3. The number of fused-ring (bicyclic) bond motifs is 1. The number of rotatable bonds is 2. The van der Waals surface area contributed by atoms with Crippen LogP contribution >= 0.6 is 0 Å². The molecule has 7 nitrogen and oxygen atoms in total. The van der Waals surface area contributed by atoms with Crippen LogP contribution in [0.4, 0.5) is 0 Å². The second-order valence-corrected chi connectivity index (χ2v) is 4.31. The highest BCUT2D eigenvalue weighted by Gasteiger charge is 2.24. The van der Waals surface area contributed by atoms with Gasteiger partial charge in [-0.1, -0.05) is 12.1 Å². The summed E-state index contributed by atoms with van der Waals surface area (Å²) in [5, 5.41) is 14.7. The topological polar surface area (TPSA) is 79.7 Å². The molecule has 1 aliphatic rings. The lowest BCUT2D eigenvalue weighted by atomic mass is 10.2. The predicted molar refractivity (Wildman–Crippen MR) is 62.7 cm³/mol. The predicted octanol–water partition coefficient (Wildman–Crippen LogP) is 0.220. The first-order valence-corrected chi connectivity index (χ1v) is 5.99. The molecule has 0 saturated heterocycles. The molecular formula is C11H14N6O. The third kappa shape index (κ3) is 1.77. The Morgan fingerprint density at radius 3 is 3.17 bits per heavy atom. The van der Waals surface area contributed by atoms with Crippen LogP contribution in [-0.4, -0.2) is 42.5 Å². The molecule has 2 aromatic rings. The van der Waals surface area contributed by atoms with Crippen LogP contribution in [0.5, 0.6) is 0 Å². The Labute approximate surface area is 104 Å². The maximum absolute atomic E-state index is 12.3. The molecule has 0 unspecified atom stereocenters. The molecular weight excluding hydrogens is 232 g/mol. The lowest BCUT2D eigenvalue weighted by Crippen LogP contribution is -2.38. The Kier molecular flexibility index (Phi) is 2.58. The van der Waals surface area contributed by atoms with E-state index < -0.39 is 0 Å². The van der Waals surface area contributed by atoms with Crippen molar-refractivity contribution in [2.45, 2.75) is 26.4 Å². The smallest absolute Gasteiger partial charge is 0.274 e. The Hall–Kier alpha value is -2.18. The van der Waals surface area contributed by atoms with Gasteiger partial charge in [0, 0.05) is 12.2 Å². The van der Waals surface area contributed by atoms with Gasteiger partial charge in [-0.15, -0.1) is 5.10 Å². The van der Waals surface area contributed by atoms with Crippen LogP contribution in [0.25, 0.3) is 0 Å². The van der Waals surface area contributed by atoms with E-state index in [0.717, 1.165) is 17.8 Å². The van der Waals surface area contributed by atoms with Crippen molar-refractivity contribution in [3.05, 3.63) is 29.3 Å². The normalized spacial score (nSPS) is 14.6. The van der Waals surface area contributed by atoms with Crippen molar-refractivity contribution in [3.63, 3.8) is 0 Å². The van der Waals surface area contributed by atoms with Crippen LogP contribution in [0.1, 0.15) is 28.8 Å². The van der Waals surface area contributed by atoms with E-state index in [0.29, 0.717) is 25.3 Å². The minimum Gasteiger partial charge on any atom is -0.329 e. The zero-order valence-electron chi connectivity index (χ0n) is 10.1. The van der Waals surface area contributed by atoms with E-state index in [9.17, 15) is 4.79 Å². The number of hydrogen-bond donors (Lipinski definition) is 1. The fourth-order valence-electron chi connectivity index (χ4n) is 2.07.